The Hall–Kier alpha value is -0.670. The van der Waals surface area contributed by atoms with Crippen LogP contribution >= 0.6 is 0 Å². The van der Waals surface area contributed by atoms with E-state index in [9.17, 15) is 13.6 Å². The van der Waals surface area contributed by atoms with Crippen molar-refractivity contribution in [1.29, 1.82) is 0 Å². The van der Waals surface area contributed by atoms with Crippen molar-refractivity contribution < 1.29 is 18.3 Å². The maximum atomic E-state index is 11.5. The monoisotopic (exact) mass is 164 g/mol. The molecule has 0 aromatic carbocycles. The van der Waals surface area contributed by atoms with Crippen LogP contribution in [0.3, 0.4) is 0 Å². The van der Waals surface area contributed by atoms with Crippen LogP contribution in [0.1, 0.15) is 13.3 Å². The first-order valence-electron chi connectivity index (χ1n) is 3.56. The molecule has 0 N–H and O–H groups in total. The molecule has 1 fully saturated rings. The van der Waals surface area contributed by atoms with E-state index in [2.05, 4.69) is 4.74 Å². The summed E-state index contributed by atoms with van der Waals surface area (Å²) in [5.74, 6) is -0.553. The minimum Gasteiger partial charge on any atom is -0.461 e. The number of rotatable bonds is 3. The van der Waals surface area contributed by atoms with E-state index in [-0.39, 0.29) is 6.61 Å². The van der Waals surface area contributed by atoms with E-state index in [1.54, 1.807) is 0 Å². The van der Waals surface area contributed by atoms with Gasteiger partial charge in [0.15, 0.2) is 0 Å². The van der Waals surface area contributed by atoms with E-state index in [1.807, 2.05) is 6.92 Å². The van der Waals surface area contributed by atoms with Crippen LogP contribution in [-0.4, -0.2) is 19.0 Å². The average Bonchev–Trinajstić information content (AvgIpc) is 2.61. The minimum atomic E-state index is -2.98. The maximum absolute atomic E-state index is 11.5. The Kier molecular flexibility index (Phi) is 2.42. The Bertz CT molecular complexity index is 159. The van der Waals surface area contributed by atoms with Gasteiger partial charge in [0.2, 0.25) is 0 Å². The fraction of sp³-hybridized carbons (Fsp3) is 0.857. The van der Waals surface area contributed by atoms with Crippen molar-refractivity contribution in [1.82, 2.24) is 0 Å². The molecule has 0 aromatic heterocycles. The number of hydrogen-bond acceptors (Lipinski definition) is 2. The second-order valence-electron chi connectivity index (χ2n) is 2.90. The van der Waals surface area contributed by atoms with Crippen LogP contribution in [0.15, 0.2) is 0 Å². The topological polar surface area (TPSA) is 26.3 Å². The Morgan fingerprint density at radius 3 is 2.64 bits per heavy atom. The van der Waals surface area contributed by atoms with Gasteiger partial charge in [0.25, 0.3) is 0 Å². The molecule has 2 nitrogen and oxygen atoms in total. The SMILES string of the molecule is CC1CC1COC(=O)C(F)F. The quantitative estimate of drug-likeness (QED) is 0.590. The van der Waals surface area contributed by atoms with Gasteiger partial charge >= 0.3 is 12.4 Å². The second kappa shape index (κ2) is 3.15. The highest BCUT2D eigenvalue weighted by molar-refractivity contribution is 5.72. The number of hydrogen-bond donors (Lipinski definition) is 0. The third-order valence-electron chi connectivity index (χ3n) is 1.89. The van der Waals surface area contributed by atoms with Crippen molar-refractivity contribution in [2.24, 2.45) is 11.8 Å². The molecular weight excluding hydrogens is 154 g/mol. The van der Waals surface area contributed by atoms with Crippen molar-refractivity contribution in [2.75, 3.05) is 6.61 Å². The summed E-state index contributed by atoms with van der Waals surface area (Å²) in [6.45, 7) is 2.16. The minimum absolute atomic E-state index is 0.157. The molecule has 64 valence electrons. The van der Waals surface area contributed by atoms with Crippen LogP contribution in [0.5, 0.6) is 0 Å². The van der Waals surface area contributed by atoms with E-state index in [1.165, 1.54) is 0 Å². The second-order valence-corrected chi connectivity index (χ2v) is 2.90. The van der Waals surface area contributed by atoms with Crippen molar-refractivity contribution in [3.8, 4) is 0 Å². The molecule has 0 aliphatic heterocycles. The molecule has 1 aliphatic carbocycles. The molecule has 0 saturated heterocycles. The van der Waals surface area contributed by atoms with Crippen molar-refractivity contribution >= 4 is 5.97 Å². The standard InChI is InChI=1S/C7H10F2O2/c1-4-2-5(4)3-11-7(10)6(8)9/h4-6H,2-3H2,1H3. The molecule has 1 saturated carbocycles. The van der Waals surface area contributed by atoms with Crippen molar-refractivity contribution in [3.05, 3.63) is 0 Å². The number of ether oxygens (including phenoxy) is 1. The van der Waals surface area contributed by atoms with Crippen molar-refractivity contribution in [2.45, 2.75) is 19.8 Å². The van der Waals surface area contributed by atoms with Crippen LogP contribution in [0, 0.1) is 11.8 Å². The van der Waals surface area contributed by atoms with Crippen LogP contribution in [0.4, 0.5) is 8.78 Å². The highest BCUT2D eigenvalue weighted by Gasteiger charge is 2.34. The first kappa shape index (κ1) is 8.43. The highest BCUT2D eigenvalue weighted by atomic mass is 19.3. The highest BCUT2D eigenvalue weighted by Crippen LogP contribution is 2.37. The van der Waals surface area contributed by atoms with Gasteiger partial charge in [-0.2, -0.15) is 8.78 Å². The first-order valence-corrected chi connectivity index (χ1v) is 3.56. The number of alkyl halides is 2. The van der Waals surface area contributed by atoms with Gasteiger partial charge in [-0.15, -0.1) is 0 Å². The lowest BCUT2D eigenvalue weighted by Gasteiger charge is -2.01. The van der Waals surface area contributed by atoms with Gasteiger partial charge in [-0.05, 0) is 18.3 Å². The molecule has 0 aromatic rings. The number of carbonyl (C=O) groups is 1. The summed E-state index contributed by atoms with van der Waals surface area (Å²) < 4.78 is 27.4. The van der Waals surface area contributed by atoms with E-state index in [4.69, 9.17) is 0 Å². The Labute approximate surface area is 63.5 Å². The largest absolute Gasteiger partial charge is 0.461 e. The smallest absolute Gasteiger partial charge is 0.373 e. The first-order chi connectivity index (χ1) is 5.11. The molecule has 0 spiro atoms. The summed E-state index contributed by atoms with van der Waals surface area (Å²) in [4.78, 5) is 10.2. The van der Waals surface area contributed by atoms with Crippen molar-refractivity contribution in [3.63, 3.8) is 0 Å². The zero-order chi connectivity index (χ0) is 8.43. The molecular formula is C7H10F2O2. The molecule has 0 bridgehead atoms. The molecule has 11 heavy (non-hydrogen) atoms. The van der Waals surface area contributed by atoms with Crippen LogP contribution in [0.2, 0.25) is 0 Å². The molecule has 2 atom stereocenters. The molecule has 0 heterocycles. The van der Waals surface area contributed by atoms with Gasteiger partial charge in [0.05, 0.1) is 6.61 Å². The summed E-state index contributed by atoms with van der Waals surface area (Å²) in [7, 11) is 0. The number of carbonyl (C=O) groups excluding carboxylic acids is 1. The lowest BCUT2D eigenvalue weighted by Crippen LogP contribution is -2.15. The van der Waals surface area contributed by atoms with Gasteiger partial charge in [-0.1, -0.05) is 6.92 Å². The lowest BCUT2D eigenvalue weighted by molar-refractivity contribution is -0.156. The summed E-state index contributed by atoms with van der Waals surface area (Å²) in [5, 5.41) is 0. The molecule has 2 unspecified atom stereocenters. The van der Waals surface area contributed by atoms with E-state index >= 15 is 0 Å². The van der Waals surface area contributed by atoms with Gasteiger partial charge in [-0.3, -0.25) is 0 Å². The average molecular weight is 164 g/mol. The lowest BCUT2D eigenvalue weighted by atomic mass is 10.4. The fourth-order valence-corrected chi connectivity index (χ4v) is 0.883. The number of halogens is 2. The fourth-order valence-electron chi connectivity index (χ4n) is 0.883. The predicted octanol–water partition coefficient (Wildman–Crippen LogP) is 1.45. The maximum Gasteiger partial charge on any atom is 0.373 e. The van der Waals surface area contributed by atoms with Gasteiger partial charge in [0.1, 0.15) is 0 Å². The van der Waals surface area contributed by atoms with Gasteiger partial charge in [-0.25, -0.2) is 4.79 Å². The Balaban J connectivity index is 2.07. The zero-order valence-corrected chi connectivity index (χ0v) is 6.22. The molecule has 0 amide bonds. The van der Waals surface area contributed by atoms with E-state index in [0.29, 0.717) is 11.8 Å². The Morgan fingerprint density at radius 1 is 1.73 bits per heavy atom. The van der Waals surface area contributed by atoms with E-state index < -0.39 is 12.4 Å². The summed E-state index contributed by atoms with van der Waals surface area (Å²) in [6.07, 6.45) is -2.00. The molecule has 0 radical (unpaired) electrons. The summed E-state index contributed by atoms with van der Waals surface area (Å²) >= 11 is 0. The third kappa shape index (κ3) is 2.44. The van der Waals surface area contributed by atoms with Crippen LogP contribution < -0.4 is 0 Å². The summed E-state index contributed by atoms with van der Waals surface area (Å²) in [5.41, 5.74) is 0. The van der Waals surface area contributed by atoms with E-state index in [0.717, 1.165) is 6.42 Å². The third-order valence-corrected chi connectivity index (χ3v) is 1.89. The van der Waals surface area contributed by atoms with Gasteiger partial charge < -0.3 is 4.74 Å². The van der Waals surface area contributed by atoms with Crippen LogP contribution in [-0.2, 0) is 9.53 Å². The molecule has 1 aliphatic rings. The molecule has 1 rings (SSSR count). The van der Waals surface area contributed by atoms with Gasteiger partial charge in [0, 0.05) is 0 Å². The normalized spacial score (nSPS) is 28.7. The Morgan fingerprint density at radius 2 is 2.27 bits per heavy atom. The predicted molar refractivity (Wildman–Crippen MR) is 34.2 cm³/mol. The number of esters is 1. The molecule has 4 heteroatoms. The van der Waals surface area contributed by atoms with Crippen LogP contribution in [0.25, 0.3) is 0 Å². The zero-order valence-electron chi connectivity index (χ0n) is 6.22. The summed E-state index contributed by atoms with van der Waals surface area (Å²) in [6, 6.07) is 0.